The molecule has 2 rings (SSSR count). The van der Waals surface area contributed by atoms with E-state index < -0.39 is 11.7 Å². The molecule has 0 aliphatic heterocycles. The van der Waals surface area contributed by atoms with E-state index in [1.165, 1.54) is 29.5 Å². The van der Waals surface area contributed by atoms with Crippen LogP contribution >= 0.6 is 11.3 Å². The number of ketones is 1. The first-order valence-electron chi connectivity index (χ1n) is 6.82. The highest BCUT2D eigenvalue weighted by atomic mass is 32.1. The van der Waals surface area contributed by atoms with Gasteiger partial charge in [-0.3, -0.25) is 9.59 Å². The fraction of sp³-hybridized carbons (Fsp3) is 0.176. The molecule has 0 fully saturated rings. The number of nitrogens with one attached hydrogen (secondary N) is 1. The zero-order chi connectivity index (χ0) is 16.1. The van der Waals surface area contributed by atoms with Crippen molar-refractivity contribution in [1.29, 1.82) is 0 Å². The lowest BCUT2D eigenvalue weighted by Crippen LogP contribution is -2.23. The van der Waals surface area contributed by atoms with Crippen molar-refractivity contribution in [3.05, 3.63) is 58.0 Å². The van der Waals surface area contributed by atoms with Crippen LogP contribution in [-0.2, 0) is 9.59 Å². The van der Waals surface area contributed by atoms with Crippen LogP contribution in [0.5, 0.6) is 0 Å². The van der Waals surface area contributed by atoms with Gasteiger partial charge in [0.1, 0.15) is 5.82 Å². The highest BCUT2D eigenvalue weighted by molar-refractivity contribution is 7.08. The number of Topliss-reactive ketones (excluding diaryl/α,β-unsaturated/α-hetero) is 1. The van der Waals surface area contributed by atoms with E-state index in [0.717, 1.165) is 5.56 Å². The molecule has 0 bridgehead atoms. The zero-order valence-electron chi connectivity index (χ0n) is 12.3. The second kappa shape index (κ2) is 7.13. The van der Waals surface area contributed by atoms with Crippen molar-refractivity contribution in [2.45, 2.75) is 13.8 Å². The summed E-state index contributed by atoms with van der Waals surface area (Å²) in [5.41, 5.74) is 1.18. The first-order chi connectivity index (χ1) is 10.5. The van der Waals surface area contributed by atoms with Crippen LogP contribution in [0.15, 0.2) is 46.7 Å². The van der Waals surface area contributed by atoms with Gasteiger partial charge in [-0.05, 0) is 46.7 Å². The van der Waals surface area contributed by atoms with Gasteiger partial charge in [-0.2, -0.15) is 11.3 Å². The summed E-state index contributed by atoms with van der Waals surface area (Å²) in [5.74, 6) is -1.53. The molecule has 0 spiro atoms. The molecule has 0 saturated heterocycles. The molecule has 3 nitrogen and oxygen atoms in total. The molecule has 1 aromatic carbocycles. The van der Waals surface area contributed by atoms with Crippen LogP contribution < -0.4 is 5.32 Å². The molecule has 1 heterocycles. The van der Waals surface area contributed by atoms with Gasteiger partial charge in [0, 0.05) is 11.6 Å². The second-order valence-corrected chi connectivity index (χ2v) is 5.88. The van der Waals surface area contributed by atoms with Crippen molar-refractivity contribution in [2.75, 3.05) is 5.32 Å². The Hall–Kier alpha value is -2.27. The van der Waals surface area contributed by atoms with Gasteiger partial charge < -0.3 is 5.32 Å². The van der Waals surface area contributed by atoms with Crippen molar-refractivity contribution in [3.63, 3.8) is 0 Å². The molecule has 5 heteroatoms. The quantitative estimate of drug-likeness (QED) is 0.512. The maximum absolute atomic E-state index is 13.2. The lowest BCUT2D eigenvalue weighted by molar-refractivity contribution is -0.121. The lowest BCUT2D eigenvalue weighted by Gasteiger charge is -2.10. The van der Waals surface area contributed by atoms with Crippen molar-refractivity contribution in [3.8, 4) is 0 Å². The molecule has 0 radical (unpaired) electrons. The molecule has 0 saturated carbocycles. The number of thiophene rings is 1. The van der Waals surface area contributed by atoms with Gasteiger partial charge in [-0.25, -0.2) is 4.39 Å². The summed E-state index contributed by atoms with van der Waals surface area (Å²) >= 11 is 1.48. The largest absolute Gasteiger partial charge is 0.322 e. The Labute approximate surface area is 132 Å². The summed E-state index contributed by atoms with van der Waals surface area (Å²) in [7, 11) is 0. The van der Waals surface area contributed by atoms with Crippen LogP contribution in [0.2, 0.25) is 0 Å². The third-order valence-corrected chi connectivity index (χ3v) is 3.67. The summed E-state index contributed by atoms with van der Waals surface area (Å²) in [5, 5.41) is 6.29. The number of carbonyl (C=O) groups is 2. The van der Waals surface area contributed by atoms with Gasteiger partial charge in [0.25, 0.3) is 5.91 Å². The number of anilines is 1. The molecule has 1 N–H and O–H groups in total. The standard InChI is InChI=1S/C17H16FNO2S/c1-11(2)16(20)15(8-12-6-7-22-10-12)17(21)19-14-5-3-4-13(18)9-14/h3-11H,1-2H3,(H,19,21). The fourth-order valence-electron chi connectivity index (χ4n) is 1.85. The Bertz CT molecular complexity index is 705. The number of rotatable bonds is 5. The minimum absolute atomic E-state index is 0.0673. The van der Waals surface area contributed by atoms with Gasteiger partial charge in [0.05, 0.1) is 5.57 Å². The van der Waals surface area contributed by atoms with Crippen molar-refractivity contribution < 1.29 is 14.0 Å². The van der Waals surface area contributed by atoms with E-state index in [2.05, 4.69) is 5.32 Å². The van der Waals surface area contributed by atoms with Gasteiger partial charge >= 0.3 is 0 Å². The summed E-state index contributed by atoms with van der Waals surface area (Å²) < 4.78 is 13.2. The molecule has 1 aromatic heterocycles. The Morgan fingerprint density at radius 3 is 2.64 bits per heavy atom. The first kappa shape index (κ1) is 16.1. The topological polar surface area (TPSA) is 46.2 Å². The molecule has 1 amide bonds. The third kappa shape index (κ3) is 4.11. The average molecular weight is 317 g/mol. The predicted octanol–water partition coefficient (Wildman–Crippen LogP) is 4.13. The summed E-state index contributed by atoms with van der Waals surface area (Å²) in [6.45, 7) is 3.47. The second-order valence-electron chi connectivity index (χ2n) is 5.10. The number of hydrogen-bond acceptors (Lipinski definition) is 3. The molecular weight excluding hydrogens is 301 g/mol. The smallest absolute Gasteiger partial charge is 0.259 e. The molecule has 0 atom stereocenters. The minimum atomic E-state index is -0.532. The minimum Gasteiger partial charge on any atom is -0.322 e. The van der Waals surface area contributed by atoms with Gasteiger partial charge in [0.2, 0.25) is 0 Å². The molecular formula is C17H16FNO2S. The number of amides is 1. The van der Waals surface area contributed by atoms with Crippen molar-refractivity contribution >= 4 is 34.8 Å². The average Bonchev–Trinajstić information content (AvgIpc) is 2.96. The number of benzene rings is 1. The van der Waals surface area contributed by atoms with Crippen LogP contribution in [0.3, 0.4) is 0 Å². The number of carbonyl (C=O) groups excluding carboxylic acids is 2. The molecule has 2 aromatic rings. The Morgan fingerprint density at radius 1 is 1.27 bits per heavy atom. The van der Waals surface area contributed by atoms with E-state index in [-0.39, 0.29) is 17.3 Å². The Kier molecular flexibility index (Phi) is 5.22. The van der Waals surface area contributed by atoms with Crippen molar-refractivity contribution in [1.82, 2.24) is 0 Å². The lowest BCUT2D eigenvalue weighted by atomic mass is 9.98. The number of hydrogen-bond donors (Lipinski definition) is 1. The summed E-state index contributed by atoms with van der Waals surface area (Å²) in [6.07, 6.45) is 1.56. The van der Waals surface area contributed by atoms with Crippen LogP contribution in [0.1, 0.15) is 19.4 Å². The van der Waals surface area contributed by atoms with E-state index in [4.69, 9.17) is 0 Å². The van der Waals surface area contributed by atoms with E-state index in [1.54, 1.807) is 26.0 Å². The zero-order valence-corrected chi connectivity index (χ0v) is 13.1. The monoisotopic (exact) mass is 317 g/mol. The van der Waals surface area contributed by atoms with Gasteiger partial charge in [-0.15, -0.1) is 0 Å². The summed E-state index contributed by atoms with van der Waals surface area (Å²) in [4.78, 5) is 24.6. The fourth-order valence-corrected chi connectivity index (χ4v) is 2.47. The third-order valence-electron chi connectivity index (χ3n) is 2.97. The molecule has 0 aliphatic rings. The Balaban J connectivity index is 2.29. The predicted molar refractivity (Wildman–Crippen MR) is 87.2 cm³/mol. The normalized spacial score (nSPS) is 11.5. The van der Waals surface area contributed by atoms with Gasteiger partial charge in [0.15, 0.2) is 5.78 Å². The first-order valence-corrected chi connectivity index (χ1v) is 7.76. The number of halogens is 1. The van der Waals surface area contributed by atoms with Crippen molar-refractivity contribution in [2.24, 2.45) is 5.92 Å². The van der Waals surface area contributed by atoms with Gasteiger partial charge in [-0.1, -0.05) is 19.9 Å². The highest BCUT2D eigenvalue weighted by Crippen LogP contribution is 2.17. The van der Waals surface area contributed by atoms with Crippen LogP contribution in [-0.4, -0.2) is 11.7 Å². The summed E-state index contributed by atoms with van der Waals surface area (Å²) in [6, 6.07) is 7.39. The van der Waals surface area contributed by atoms with E-state index in [0.29, 0.717) is 5.69 Å². The molecule has 0 unspecified atom stereocenters. The molecule has 22 heavy (non-hydrogen) atoms. The maximum Gasteiger partial charge on any atom is 0.259 e. The molecule has 0 aliphatic carbocycles. The van der Waals surface area contributed by atoms with E-state index in [9.17, 15) is 14.0 Å². The molecule has 114 valence electrons. The maximum atomic E-state index is 13.2. The van der Waals surface area contributed by atoms with Crippen LogP contribution in [0, 0.1) is 11.7 Å². The Morgan fingerprint density at radius 2 is 2.05 bits per heavy atom. The highest BCUT2D eigenvalue weighted by Gasteiger charge is 2.21. The SMILES string of the molecule is CC(C)C(=O)C(=Cc1ccsc1)C(=O)Nc1cccc(F)c1. The van der Waals surface area contributed by atoms with E-state index >= 15 is 0 Å². The van der Waals surface area contributed by atoms with E-state index in [1.807, 2.05) is 16.8 Å². The van der Waals surface area contributed by atoms with Crippen LogP contribution in [0.4, 0.5) is 10.1 Å². The van der Waals surface area contributed by atoms with Crippen LogP contribution in [0.25, 0.3) is 6.08 Å².